The summed E-state index contributed by atoms with van der Waals surface area (Å²) < 4.78 is 0. The van der Waals surface area contributed by atoms with Gasteiger partial charge in [0.25, 0.3) is 0 Å². The molecule has 0 aliphatic carbocycles. The summed E-state index contributed by atoms with van der Waals surface area (Å²) in [5, 5.41) is 0. The van der Waals surface area contributed by atoms with E-state index in [1.165, 1.54) is 11.1 Å². The number of rotatable bonds is 0. The van der Waals surface area contributed by atoms with Crippen LogP contribution in [-0.2, 0) is 0 Å². The van der Waals surface area contributed by atoms with Gasteiger partial charge in [-0.25, -0.2) is 0 Å². The average Bonchev–Trinajstić information content (AvgIpc) is 2.29. The first-order valence-electron chi connectivity index (χ1n) is 5.28. The molecule has 0 unspecified atom stereocenters. The number of nitrogens with zero attached hydrogens (tertiary/aromatic N) is 2. The Morgan fingerprint density at radius 2 is 0.895 bits per heavy atom. The summed E-state index contributed by atoms with van der Waals surface area (Å²) in [6.07, 6.45) is 7.15. The molecule has 2 rings (SSSR count). The first kappa shape index (κ1) is 19.0. The molecule has 0 saturated heterocycles. The van der Waals surface area contributed by atoms with Gasteiger partial charge in [0.15, 0.2) is 0 Å². The predicted molar refractivity (Wildman–Crippen MR) is 87.1 cm³/mol. The Kier molecular flexibility index (Phi) is 10.8. The standard InChI is InChI=1S/2C6H7N.Cl4Ge/c2*1-6-2-4-7-5-3-6;1-5(2,3)4/h2*2-5H,1H3;. The fraction of sp³-hybridized carbons (Fsp3) is 0.167. The molecule has 0 atom stereocenters. The van der Waals surface area contributed by atoms with Gasteiger partial charge in [0.1, 0.15) is 0 Å². The van der Waals surface area contributed by atoms with Crippen molar-refractivity contribution >= 4 is 49.6 Å². The van der Waals surface area contributed by atoms with Crippen LogP contribution in [0.25, 0.3) is 0 Å². The summed E-state index contributed by atoms with van der Waals surface area (Å²) in [7, 11) is 16.9. The average molecular weight is 401 g/mol. The van der Waals surface area contributed by atoms with Crippen LogP contribution < -0.4 is 0 Å². The van der Waals surface area contributed by atoms with Crippen molar-refractivity contribution in [1.29, 1.82) is 0 Å². The number of aromatic nitrogens is 2. The van der Waals surface area contributed by atoms with Gasteiger partial charge in [-0.3, -0.25) is 9.97 Å². The Labute approximate surface area is 133 Å². The number of hydrogen-bond donors (Lipinski definition) is 0. The fourth-order valence-electron chi connectivity index (χ4n) is 0.853. The summed E-state index contributed by atoms with van der Waals surface area (Å²) >= 11 is 0. The van der Waals surface area contributed by atoms with Gasteiger partial charge in [0.2, 0.25) is 0 Å². The Morgan fingerprint density at radius 3 is 1.00 bits per heavy atom. The quantitative estimate of drug-likeness (QED) is 0.571. The minimum absolute atomic E-state index is 1.26. The molecule has 0 aromatic carbocycles. The Balaban J connectivity index is 0.000000261. The third-order valence-electron chi connectivity index (χ3n) is 1.69. The summed E-state index contributed by atoms with van der Waals surface area (Å²) in [6.45, 7) is 4.09. The van der Waals surface area contributed by atoms with Gasteiger partial charge in [0.05, 0.1) is 0 Å². The van der Waals surface area contributed by atoms with E-state index in [1.807, 2.05) is 38.1 Å². The maximum absolute atomic E-state index is 5.01. The molecular formula is C12H14Cl4GeN2. The third-order valence-corrected chi connectivity index (χ3v) is 1.69. The summed E-state index contributed by atoms with van der Waals surface area (Å²) in [4.78, 5) is 7.69. The second-order valence-electron chi connectivity index (χ2n) is 3.48. The molecule has 0 aliphatic rings. The van der Waals surface area contributed by atoms with Crippen molar-refractivity contribution in [2.45, 2.75) is 13.8 Å². The number of aryl methyl sites for hydroxylation is 2. The van der Waals surface area contributed by atoms with Crippen molar-refractivity contribution in [3.8, 4) is 0 Å². The van der Waals surface area contributed by atoms with Crippen molar-refractivity contribution in [3.05, 3.63) is 60.2 Å². The van der Waals surface area contributed by atoms with E-state index >= 15 is 0 Å². The Hall–Kier alpha value is 0.00286. The van der Waals surface area contributed by atoms with E-state index < -0.39 is 9.55 Å². The van der Waals surface area contributed by atoms with Crippen LogP contribution in [-0.4, -0.2) is 19.5 Å². The molecular weight excluding hydrogens is 387 g/mol. The van der Waals surface area contributed by atoms with Crippen molar-refractivity contribution in [1.82, 2.24) is 9.97 Å². The van der Waals surface area contributed by atoms with Crippen LogP contribution in [0.2, 0.25) is 0 Å². The Bertz CT molecular complexity index is 391. The fourth-order valence-corrected chi connectivity index (χ4v) is 0.853. The summed E-state index contributed by atoms with van der Waals surface area (Å²) in [5.41, 5.74) is 2.52. The normalized spacial score (nSPS) is 9.58. The van der Waals surface area contributed by atoms with E-state index in [-0.39, 0.29) is 0 Å². The van der Waals surface area contributed by atoms with E-state index in [4.69, 9.17) is 40.0 Å². The second-order valence-corrected chi connectivity index (χ2v) is 23.1. The number of pyridine rings is 2. The second kappa shape index (κ2) is 10.8. The molecule has 0 N–H and O–H groups in total. The van der Waals surface area contributed by atoms with Crippen LogP contribution in [0.1, 0.15) is 11.1 Å². The molecule has 7 heteroatoms. The zero-order chi connectivity index (χ0) is 14.7. The molecule has 0 fully saturated rings. The van der Waals surface area contributed by atoms with Crippen LogP contribution in [0.3, 0.4) is 0 Å². The van der Waals surface area contributed by atoms with Gasteiger partial charge in [-0.2, -0.15) is 0 Å². The molecule has 0 bridgehead atoms. The van der Waals surface area contributed by atoms with Gasteiger partial charge in [-0.15, -0.1) is 0 Å². The number of hydrogen-bond acceptors (Lipinski definition) is 2. The van der Waals surface area contributed by atoms with Crippen LogP contribution in [0.4, 0.5) is 0 Å². The van der Waals surface area contributed by atoms with E-state index in [9.17, 15) is 0 Å². The molecule has 2 aromatic rings. The van der Waals surface area contributed by atoms with Gasteiger partial charge in [-0.05, 0) is 49.2 Å². The van der Waals surface area contributed by atoms with Crippen LogP contribution in [0, 0.1) is 13.8 Å². The van der Waals surface area contributed by atoms with E-state index in [0.29, 0.717) is 0 Å². The molecule has 2 nitrogen and oxygen atoms in total. The van der Waals surface area contributed by atoms with Crippen molar-refractivity contribution in [2.75, 3.05) is 0 Å². The predicted octanol–water partition coefficient (Wildman–Crippen LogP) is 5.16. The molecule has 104 valence electrons. The third kappa shape index (κ3) is 18.0. The van der Waals surface area contributed by atoms with Crippen LogP contribution in [0.5, 0.6) is 0 Å². The molecule has 0 aliphatic heterocycles. The molecule has 0 saturated carbocycles. The van der Waals surface area contributed by atoms with E-state index in [1.54, 1.807) is 24.8 Å². The summed E-state index contributed by atoms with van der Waals surface area (Å²) in [5.74, 6) is 0. The van der Waals surface area contributed by atoms with E-state index in [0.717, 1.165) is 0 Å². The van der Waals surface area contributed by atoms with Gasteiger partial charge >= 0.3 is 49.6 Å². The summed E-state index contributed by atoms with van der Waals surface area (Å²) in [6, 6.07) is 7.89. The molecule has 0 radical (unpaired) electrons. The van der Waals surface area contributed by atoms with Crippen molar-refractivity contribution in [3.63, 3.8) is 0 Å². The van der Waals surface area contributed by atoms with Gasteiger partial charge in [-0.1, -0.05) is 0 Å². The SMILES string of the molecule is Cc1ccncc1.Cc1ccncc1.[Cl][Ge]([Cl])([Cl])[Cl]. The maximum atomic E-state index is 5.01. The first-order chi connectivity index (χ1) is 8.79. The van der Waals surface area contributed by atoms with E-state index in [2.05, 4.69) is 9.97 Å². The van der Waals surface area contributed by atoms with Crippen LogP contribution in [0.15, 0.2) is 49.1 Å². The topological polar surface area (TPSA) is 25.8 Å². The Morgan fingerprint density at radius 1 is 0.684 bits per heavy atom. The van der Waals surface area contributed by atoms with Gasteiger partial charge < -0.3 is 0 Å². The molecule has 2 heterocycles. The zero-order valence-corrected chi connectivity index (χ0v) is 15.6. The van der Waals surface area contributed by atoms with Crippen molar-refractivity contribution in [2.24, 2.45) is 0 Å². The zero-order valence-electron chi connectivity index (χ0n) is 10.5. The minimum atomic E-state index is -3.11. The number of halogens is 4. The monoisotopic (exact) mass is 400 g/mol. The van der Waals surface area contributed by atoms with Crippen molar-refractivity contribution < 1.29 is 0 Å². The molecule has 0 spiro atoms. The molecule has 2 aromatic heterocycles. The molecule has 19 heavy (non-hydrogen) atoms. The molecule has 0 amide bonds. The van der Waals surface area contributed by atoms with Gasteiger partial charge in [0, 0.05) is 24.8 Å². The van der Waals surface area contributed by atoms with Crippen LogP contribution >= 0.6 is 40.0 Å². The first-order valence-corrected chi connectivity index (χ1v) is 16.3.